The van der Waals surface area contributed by atoms with Crippen LogP contribution in [0.5, 0.6) is 0 Å². The molecule has 4 heteroatoms. The number of hydrogen-bond acceptors (Lipinski definition) is 4. The number of methoxy groups -OCH3 is 1. The molecule has 0 saturated carbocycles. The van der Waals surface area contributed by atoms with Crippen LogP contribution >= 0.6 is 0 Å². The maximum atomic E-state index is 10.7. The highest BCUT2D eigenvalue weighted by molar-refractivity contribution is 5.75. The molecule has 0 aromatic rings. The molecule has 0 amide bonds. The zero-order valence-electron chi connectivity index (χ0n) is 6.26. The van der Waals surface area contributed by atoms with Gasteiger partial charge in [0.25, 0.3) is 0 Å². The van der Waals surface area contributed by atoms with Gasteiger partial charge in [-0.05, 0) is 6.42 Å². The van der Waals surface area contributed by atoms with Gasteiger partial charge in [-0.2, -0.15) is 0 Å². The van der Waals surface area contributed by atoms with Gasteiger partial charge in [0.05, 0.1) is 13.8 Å². The van der Waals surface area contributed by atoms with E-state index in [4.69, 9.17) is 5.11 Å². The van der Waals surface area contributed by atoms with Crippen LogP contribution in [0.2, 0.25) is 0 Å². The number of aliphatic hydroxyl groups is 1. The van der Waals surface area contributed by atoms with E-state index in [9.17, 15) is 4.79 Å². The second kappa shape index (κ2) is 5.20. The molecule has 0 aliphatic carbocycles. The molecular formula is C6H13NO3. The summed E-state index contributed by atoms with van der Waals surface area (Å²) in [5, 5.41) is 11.0. The number of esters is 1. The highest BCUT2D eigenvalue weighted by atomic mass is 16.5. The van der Waals surface area contributed by atoms with E-state index in [1.54, 1.807) is 0 Å². The topological polar surface area (TPSA) is 58.6 Å². The minimum Gasteiger partial charge on any atom is -0.468 e. The molecule has 2 N–H and O–H groups in total. The van der Waals surface area contributed by atoms with Crippen LogP contribution < -0.4 is 5.32 Å². The third-order valence-electron chi connectivity index (χ3n) is 1.23. The number of nitrogens with one attached hydrogen (secondary N) is 1. The van der Waals surface area contributed by atoms with Crippen LogP contribution in [-0.2, 0) is 9.53 Å². The Morgan fingerprint density at radius 3 is 2.70 bits per heavy atom. The second-order valence-electron chi connectivity index (χ2n) is 1.85. The highest BCUT2D eigenvalue weighted by Crippen LogP contribution is 1.91. The normalized spacial score (nSPS) is 12.7. The molecule has 0 spiro atoms. The fraction of sp³-hybridized carbons (Fsp3) is 0.833. The van der Waals surface area contributed by atoms with Gasteiger partial charge >= 0.3 is 5.97 Å². The zero-order valence-corrected chi connectivity index (χ0v) is 6.26. The largest absolute Gasteiger partial charge is 0.468 e. The lowest BCUT2D eigenvalue weighted by molar-refractivity contribution is -0.143. The Morgan fingerprint density at radius 1 is 1.80 bits per heavy atom. The van der Waals surface area contributed by atoms with E-state index in [0.717, 1.165) is 0 Å². The van der Waals surface area contributed by atoms with Gasteiger partial charge in [0.1, 0.15) is 6.04 Å². The minimum absolute atomic E-state index is 0.201. The molecule has 10 heavy (non-hydrogen) atoms. The van der Waals surface area contributed by atoms with Crippen LogP contribution in [0.3, 0.4) is 0 Å². The van der Waals surface area contributed by atoms with E-state index in [0.29, 0.717) is 6.42 Å². The van der Waals surface area contributed by atoms with Crippen molar-refractivity contribution in [3.05, 3.63) is 0 Å². The Bertz CT molecular complexity index is 105. The lowest BCUT2D eigenvalue weighted by Gasteiger charge is -2.11. The Labute approximate surface area is 60.2 Å². The van der Waals surface area contributed by atoms with Crippen LogP contribution in [0, 0.1) is 0 Å². The maximum Gasteiger partial charge on any atom is 0.322 e. The van der Waals surface area contributed by atoms with Crippen LogP contribution in [0.15, 0.2) is 0 Å². The Hall–Kier alpha value is -0.610. The minimum atomic E-state index is -0.380. The van der Waals surface area contributed by atoms with Crippen molar-refractivity contribution >= 4 is 5.97 Å². The molecule has 0 heterocycles. The molecule has 0 aliphatic rings. The van der Waals surface area contributed by atoms with Crippen LogP contribution in [0.25, 0.3) is 0 Å². The molecule has 0 radical (unpaired) electrons. The summed E-state index contributed by atoms with van der Waals surface area (Å²) < 4.78 is 4.44. The zero-order chi connectivity index (χ0) is 7.98. The van der Waals surface area contributed by atoms with E-state index in [2.05, 4.69) is 10.1 Å². The van der Waals surface area contributed by atoms with Gasteiger partial charge in [-0.1, -0.05) is 6.92 Å². The average Bonchev–Trinajstić information content (AvgIpc) is 1.99. The summed E-state index contributed by atoms with van der Waals surface area (Å²) in [6, 6.07) is -0.380. The standard InChI is InChI=1S/C6H13NO3/c1-3-5(7-4-8)6(9)10-2/h5,7-8H,3-4H2,1-2H3. The first-order valence-electron chi connectivity index (χ1n) is 3.18. The number of carbonyl (C=O) groups is 1. The highest BCUT2D eigenvalue weighted by Gasteiger charge is 2.14. The third kappa shape index (κ3) is 2.80. The third-order valence-corrected chi connectivity index (χ3v) is 1.23. The summed E-state index contributed by atoms with van der Waals surface area (Å²) in [5.74, 6) is -0.337. The summed E-state index contributed by atoms with van der Waals surface area (Å²) in [6.07, 6.45) is 0.618. The number of carbonyl (C=O) groups excluding carboxylic acids is 1. The van der Waals surface area contributed by atoms with Gasteiger partial charge in [-0.3, -0.25) is 10.1 Å². The molecule has 1 atom stereocenters. The molecule has 0 aromatic carbocycles. The van der Waals surface area contributed by atoms with E-state index in [1.165, 1.54) is 7.11 Å². The Kier molecular flexibility index (Phi) is 4.88. The fourth-order valence-corrected chi connectivity index (χ4v) is 0.647. The van der Waals surface area contributed by atoms with Crippen molar-refractivity contribution in [2.75, 3.05) is 13.8 Å². The first-order valence-corrected chi connectivity index (χ1v) is 3.18. The quantitative estimate of drug-likeness (QED) is 0.415. The van der Waals surface area contributed by atoms with Crippen LogP contribution in [-0.4, -0.2) is 31.0 Å². The number of aliphatic hydroxyl groups excluding tert-OH is 1. The van der Waals surface area contributed by atoms with E-state index in [1.807, 2.05) is 6.92 Å². The van der Waals surface area contributed by atoms with Gasteiger partial charge in [0.2, 0.25) is 0 Å². The van der Waals surface area contributed by atoms with Crippen LogP contribution in [0.1, 0.15) is 13.3 Å². The average molecular weight is 147 g/mol. The van der Waals surface area contributed by atoms with Gasteiger partial charge in [0.15, 0.2) is 0 Å². The lowest BCUT2D eigenvalue weighted by Crippen LogP contribution is -2.37. The summed E-state index contributed by atoms with van der Waals surface area (Å²) in [6.45, 7) is 1.64. The smallest absolute Gasteiger partial charge is 0.322 e. The number of rotatable bonds is 4. The monoisotopic (exact) mass is 147 g/mol. The first-order chi connectivity index (χ1) is 4.76. The molecule has 0 saturated heterocycles. The van der Waals surface area contributed by atoms with Crippen molar-refractivity contribution in [2.24, 2.45) is 0 Å². The molecule has 1 unspecified atom stereocenters. The van der Waals surface area contributed by atoms with Crippen molar-refractivity contribution < 1.29 is 14.6 Å². The van der Waals surface area contributed by atoms with Gasteiger partial charge < -0.3 is 9.84 Å². The molecule has 60 valence electrons. The molecule has 0 bridgehead atoms. The Morgan fingerprint density at radius 2 is 2.40 bits per heavy atom. The van der Waals surface area contributed by atoms with Crippen LogP contribution in [0.4, 0.5) is 0 Å². The fourth-order valence-electron chi connectivity index (χ4n) is 0.647. The summed E-state index contributed by atoms with van der Waals surface area (Å²) in [7, 11) is 1.32. The summed E-state index contributed by atoms with van der Waals surface area (Å²) in [4.78, 5) is 10.7. The van der Waals surface area contributed by atoms with E-state index in [-0.39, 0.29) is 18.7 Å². The predicted molar refractivity (Wildman–Crippen MR) is 36.3 cm³/mol. The van der Waals surface area contributed by atoms with Crippen molar-refractivity contribution in [1.82, 2.24) is 5.32 Å². The van der Waals surface area contributed by atoms with Gasteiger partial charge in [-0.15, -0.1) is 0 Å². The molecule has 4 nitrogen and oxygen atoms in total. The summed E-state index contributed by atoms with van der Waals surface area (Å²) >= 11 is 0. The second-order valence-corrected chi connectivity index (χ2v) is 1.85. The summed E-state index contributed by atoms with van der Waals surface area (Å²) in [5.41, 5.74) is 0. The van der Waals surface area contributed by atoms with E-state index < -0.39 is 0 Å². The molecule has 0 rings (SSSR count). The van der Waals surface area contributed by atoms with Crippen molar-refractivity contribution in [2.45, 2.75) is 19.4 Å². The van der Waals surface area contributed by atoms with Gasteiger partial charge in [-0.25, -0.2) is 0 Å². The molecule has 0 aliphatic heterocycles. The first kappa shape index (κ1) is 9.39. The molecular weight excluding hydrogens is 134 g/mol. The van der Waals surface area contributed by atoms with Crippen molar-refractivity contribution in [3.8, 4) is 0 Å². The number of ether oxygens (including phenoxy) is 1. The van der Waals surface area contributed by atoms with Gasteiger partial charge in [0, 0.05) is 0 Å². The predicted octanol–water partition coefficient (Wildman–Crippen LogP) is -0.523. The Balaban J connectivity index is 3.68. The van der Waals surface area contributed by atoms with Crippen molar-refractivity contribution in [3.63, 3.8) is 0 Å². The number of hydrogen-bond donors (Lipinski definition) is 2. The van der Waals surface area contributed by atoms with E-state index >= 15 is 0 Å². The lowest BCUT2D eigenvalue weighted by atomic mass is 10.2. The molecule has 0 fully saturated rings. The maximum absolute atomic E-state index is 10.7. The SMILES string of the molecule is CCC(NCO)C(=O)OC. The molecule has 0 aromatic heterocycles. The van der Waals surface area contributed by atoms with Crippen molar-refractivity contribution in [1.29, 1.82) is 0 Å².